The molecule has 0 bridgehead atoms. The smallest absolute Gasteiger partial charge is 0.304 e. The third-order valence-electron chi connectivity index (χ3n) is 2.68. The standard InChI is InChI=1S/C13H13FN4O2/c1-9-16-5-4-11(17-9)8-15-7-10-2-3-13(18(19)20)12(14)6-10/h2-6,15H,7-8H2,1H3. The Labute approximate surface area is 114 Å². The van der Waals surface area contributed by atoms with E-state index in [1.54, 1.807) is 19.2 Å². The zero-order chi connectivity index (χ0) is 14.5. The maximum absolute atomic E-state index is 13.4. The number of nitro groups is 1. The summed E-state index contributed by atoms with van der Waals surface area (Å²) in [5.74, 6) is -0.141. The van der Waals surface area contributed by atoms with Gasteiger partial charge in [-0.1, -0.05) is 6.07 Å². The number of nitrogens with one attached hydrogen (secondary N) is 1. The van der Waals surface area contributed by atoms with Crippen molar-refractivity contribution in [2.24, 2.45) is 0 Å². The van der Waals surface area contributed by atoms with Crippen LogP contribution in [0.1, 0.15) is 17.1 Å². The van der Waals surface area contributed by atoms with Crippen molar-refractivity contribution < 1.29 is 9.31 Å². The Morgan fingerprint density at radius 2 is 2.15 bits per heavy atom. The number of rotatable bonds is 5. The van der Waals surface area contributed by atoms with Crippen molar-refractivity contribution in [2.75, 3.05) is 0 Å². The molecule has 1 N–H and O–H groups in total. The van der Waals surface area contributed by atoms with Crippen LogP contribution in [0.4, 0.5) is 10.1 Å². The van der Waals surface area contributed by atoms with Gasteiger partial charge in [0, 0.05) is 25.4 Å². The van der Waals surface area contributed by atoms with Gasteiger partial charge < -0.3 is 5.32 Å². The third kappa shape index (κ3) is 3.55. The van der Waals surface area contributed by atoms with Gasteiger partial charge in [-0.2, -0.15) is 4.39 Å². The fourth-order valence-corrected chi connectivity index (χ4v) is 1.75. The zero-order valence-corrected chi connectivity index (χ0v) is 10.8. The average molecular weight is 276 g/mol. The number of hydrogen-bond donors (Lipinski definition) is 1. The highest BCUT2D eigenvalue weighted by Crippen LogP contribution is 2.17. The first kappa shape index (κ1) is 14.0. The predicted molar refractivity (Wildman–Crippen MR) is 70.4 cm³/mol. The Balaban J connectivity index is 1.94. The van der Waals surface area contributed by atoms with Crippen molar-refractivity contribution in [3.8, 4) is 0 Å². The van der Waals surface area contributed by atoms with E-state index in [1.807, 2.05) is 0 Å². The van der Waals surface area contributed by atoms with Gasteiger partial charge in [-0.3, -0.25) is 10.1 Å². The molecule has 1 aromatic carbocycles. The Bertz CT molecular complexity index is 634. The van der Waals surface area contributed by atoms with E-state index in [9.17, 15) is 14.5 Å². The molecule has 0 amide bonds. The van der Waals surface area contributed by atoms with Crippen LogP contribution in [0.15, 0.2) is 30.5 Å². The molecule has 1 aromatic heterocycles. The SMILES string of the molecule is Cc1nccc(CNCc2ccc([N+](=O)[O-])c(F)c2)n1. The van der Waals surface area contributed by atoms with Gasteiger partial charge in [0.15, 0.2) is 0 Å². The molecule has 7 heteroatoms. The van der Waals surface area contributed by atoms with Crippen molar-refractivity contribution in [1.82, 2.24) is 15.3 Å². The first-order valence-corrected chi connectivity index (χ1v) is 5.98. The molecule has 0 saturated heterocycles. The van der Waals surface area contributed by atoms with Crippen LogP contribution in [0.5, 0.6) is 0 Å². The lowest BCUT2D eigenvalue weighted by Gasteiger charge is -2.05. The summed E-state index contributed by atoms with van der Waals surface area (Å²) in [5, 5.41) is 13.6. The molecule has 0 aliphatic heterocycles. The molecule has 0 aliphatic carbocycles. The number of nitro benzene ring substituents is 1. The summed E-state index contributed by atoms with van der Waals surface area (Å²) in [7, 11) is 0. The van der Waals surface area contributed by atoms with E-state index < -0.39 is 16.4 Å². The topological polar surface area (TPSA) is 81.0 Å². The first-order valence-electron chi connectivity index (χ1n) is 5.98. The van der Waals surface area contributed by atoms with Crippen molar-refractivity contribution in [1.29, 1.82) is 0 Å². The van der Waals surface area contributed by atoms with E-state index in [2.05, 4.69) is 15.3 Å². The molecule has 0 unspecified atom stereocenters. The van der Waals surface area contributed by atoms with Crippen LogP contribution in [0.25, 0.3) is 0 Å². The van der Waals surface area contributed by atoms with E-state index in [1.165, 1.54) is 12.1 Å². The van der Waals surface area contributed by atoms with Crippen LogP contribution in [0, 0.1) is 22.9 Å². The maximum atomic E-state index is 13.4. The molecule has 0 saturated carbocycles. The normalized spacial score (nSPS) is 10.5. The second kappa shape index (κ2) is 6.16. The number of hydrogen-bond acceptors (Lipinski definition) is 5. The van der Waals surface area contributed by atoms with Crippen molar-refractivity contribution >= 4 is 5.69 Å². The van der Waals surface area contributed by atoms with Gasteiger partial charge in [0.25, 0.3) is 0 Å². The molecule has 0 radical (unpaired) electrons. The molecule has 6 nitrogen and oxygen atoms in total. The molecule has 0 fully saturated rings. The highest BCUT2D eigenvalue weighted by atomic mass is 19.1. The Morgan fingerprint density at radius 1 is 1.35 bits per heavy atom. The van der Waals surface area contributed by atoms with Gasteiger partial charge in [0.05, 0.1) is 10.6 Å². The van der Waals surface area contributed by atoms with Crippen LogP contribution in [0.3, 0.4) is 0 Å². The van der Waals surface area contributed by atoms with Crippen LogP contribution in [-0.2, 0) is 13.1 Å². The maximum Gasteiger partial charge on any atom is 0.304 e. The van der Waals surface area contributed by atoms with Gasteiger partial charge in [-0.15, -0.1) is 0 Å². The predicted octanol–water partition coefficient (Wildman–Crippen LogP) is 2.12. The average Bonchev–Trinajstić information content (AvgIpc) is 2.38. The van der Waals surface area contributed by atoms with E-state index in [0.717, 1.165) is 11.8 Å². The fourth-order valence-electron chi connectivity index (χ4n) is 1.75. The highest BCUT2D eigenvalue weighted by molar-refractivity contribution is 5.34. The second-order valence-corrected chi connectivity index (χ2v) is 4.24. The summed E-state index contributed by atoms with van der Waals surface area (Å²) >= 11 is 0. The van der Waals surface area contributed by atoms with Gasteiger partial charge in [-0.25, -0.2) is 9.97 Å². The van der Waals surface area contributed by atoms with Gasteiger partial charge in [-0.05, 0) is 24.6 Å². The molecular weight excluding hydrogens is 263 g/mol. The number of nitrogens with zero attached hydrogens (tertiary/aromatic N) is 3. The number of halogens is 1. The Hall–Kier alpha value is -2.41. The molecule has 2 aromatic rings. The minimum Gasteiger partial charge on any atom is -0.307 e. The van der Waals surface area contributed by atoms with E-state index in [-0.39, 0.29) is 0 Å². The van der Waals surface area contributed by atoms with Crippen LogP contribution in [0.2, 0.25) is 0 Å². The summed E-state index contributed by atoms with van der Waals surface area (Å²) in [6.45, 7) is 2.72. The summed E-state index contributed by atoms with van der Waals surface area (Å²) in [4.78, 5) is 18.0. The summed E-state index contributed by atoms with van der Waals surface area (Å²) in [6.07, 6.45) is 1.67. The highest BCUT2D eigenvalue weighted by Gasteiger charge is 2.13. The van der Waals surface area contributed by atoms with Crippen LogP contribution in [-0.4, -0.2) is 14.9 Å². The first-order chi connectivity index (χ1) is 9.56. The minimum atomic E-state index is -0.827. The molecule has 0 aliphatic rings. The molecule has 0 atom stereocenters. The van der Waals surface area contributed by atoms with Crippen molar-refractivity contribution in [3.63, 3.8) is 0 Å². The van der Waals surface area contributed by atoms with E-state index in [0.29, 0.717) is 24.5 Å². The lowest BCUT2D eigenvalue weighted by atomic mass is 10.2. The number of aromatic nitrogens is 2. The number of benzene rings is 1. The van der Waals surface area contributed by atoms with Gasteiger partial charge >= 0.3 is 5.69 Å². The summed E-state index contributed by atoms with van der Waals surface area (Å²) < 4.78 is 13.4. The molecule has 0 spiro atoms. The molecule has 20 heavy (non-hydrogen) atoms. The van der Waals surface area contributed by atoms with Gasteiger partial charge in [0.1, 0.15) is 5.82 Å². The third-order valence-corrected chi connectivity index (χ3v) is 2.68. The van der Waals surface area contributed by atoms with Gasteiger partial charge in [0.2, 0.25) is 5.82 Å². The minimum absolute atomic E-state index is 0.401. The van der Waals surface area contributed by atoms with Crippen LogP contribution < -0.4 is 5.32 Å². The largest absolute Gasteiger partial charge is 0.307 e. The zero-order valence-electron chi connectivity index (χ0n) is 10.8. The lowest BCUT2D eigenvalue weighted by Crippen LogP contribution is -2.14. The number of aryl methyl sites for hydroxylation is 1. The Kier molecular flexibility index (Phi) is 4.31. The quantitative estimate of drug-likeness (QED) is 0.668. The van der Waals surface area contributed by atoms with Crippen LogP contribution >= 0.6 is 0 Å². The van der Waals surface area contributed by atoms with E-state index >= 15 is 0 Å². The van der Waals surface area contributed by atoms with E-state index in [4.69, 9.17) is 0 Å². The van der Waals surface area contributed by atoms with Crippen molar-refractivity contribution in [3.05, 3.63) is 63.5 Å². The molecule has 104 valence electrons. The summed E-state index contributed by atoms with van der Waals surface area (Å²) in [6, 6.07) is 5.65. The fraction of sp³-hybridized carbons (Fsp3) is 0.231. The van der Waals surface area contributed by atoms with Crippen molar-refractivity contribution in [2.45, 2.75) is 20.0 Å². The molecule has 1 heterocycles. The summed E-state index contributed by atoms with van der Waals surface area (Å²) in [5.41, 5.74) is 0.957. The molecule has 2 rings (SSSR count). The second-order valence-electron chi connectivity index (χ2n) is 4.24. The Morgan fingerprint density at radius 3 is 2.80 bits per heavy atom. The lowest BCUT2D eigenvalue weighted by molar-refractivity contribution is -0.387. The monoisotopic (exact) mass is 276 g/mol. The molecular formula is C13H13FN4O2.